The molecule has 1 fully saturated rings. The molecular formula is C23H20ClFN10O. The lowest BCUT2D eigenvalue weighted by molar-refractivity contribution is 0.442. The van der Waals surface area contributed by atoms with Gasteiger partial charge in [-0.05, 0) is 25.0 Å². The zero-order valence-corrected chi connectivity index (χ0v) is 19.6. The van der Waals surface area contributed by atoms with Gasteiger partial charge in [-0.3, -0.25) is 0 Å². The number of nitrogens with two attached hydrogens (primary N) is 1. The van der Waals surface area contributed by atoms with Crippen LogP contribution in [0.25, 0.3) is 16.7 Å². The van der Waals surface area contributed by atoms with Crippen LogP contribution in [0.3, 0.4) is 0 Å². The fraction of sp³-hybridized carbons (Fsp3) is 0.217. The van der Waals surface area contributed by atoms with Crippen LogP contribution in [-0.2, 0) is 0 Å². The third-order valence-electron chi connectivity index (χ3n) is 5.92. The predicted octanol–water partition coefficient (Wildman–Crippen LogP) is 3.72. The van der Waals surface area contributed by atoms with Crippen LogP contribution in [0.4, 0.5) is 21.8 Å². The van der Waals surface area contributed by atoms with Crippen LogP contribution in [-0.4, -0.2) is 53.7 Å². The molecule has 0 saturated carbocycles. The van der Waals surface area contributed by atoms with Crippen molar-refractivity contribution in [1.29, 1.82) is 0 Å². The number of hydrogen-bond acceptors (Lipinski definition) is 10. The van der Waals surface area contributed by atoms with Gasteiger partial charge in [-0.25, -0.2) is 33.8 Å². The Hall–Kier alpha value is -4.16. The van der Waals surface area contributed by atoms with Crippen molar-refractivity contribution in [2.75, 3.05) is 23.3 Å². The highest BCUT2D eigenvalue weighted by Gasteiger charge is 2.20. The fourth-order valence-electron chi connectivity index (χ4n) is 4.03. The quantitative estimate of drug-likeness (QED) is 0.363. The fourth-order valence-corrected chi connectivity index (χ4v) is 4.28. The van der Waals surface area contributed by atoms with Crippen molar-refractivity contribution < 1.29 is 9.13 Å². The maximum Gasteiger partial charge on any atom is 0.226 e. The van der Waals surface area contributed by atoms with E-state index in [1.54, 1.807) is 35.1 Å². The van der Waals surface area contributed by atoms with Crippen molar-refractivity contribution in [1.82, 2.24) is 34.5 Å². The van der Waals surface area contributed by atoms with E-state index < -0.39 is 5.82 Å². The van der Waals surface area contributed by atoms with E-state index in [-0.39, 0.29) is 16.8 Å². The number of rotatable bonds is 5. The SMILES string of the molecule is NC1CCN(c2ncc3ncnc(Nc4cc(F)c(Oc5ccn6ncnc6c5)c(Cl)c4)c3n2)CC1. The minimum Gasteiger partial charge on any atom is -0.453 e. The summed E-state index contributed by atoms with van der Waals surface area (Å²) in [5.74, 6) is 0.599. The van der Waals surface area contributed by atoms with Gasteiger partial charge in [-0.2, -0.15) is 5.10 Å². The summed E-state index contributed by atoms with van der Waals surface area (Å²) >= 11 is 6.39. The Morgan fingerprint density at radius 3 is 2.78 bits per heavy atom. The molecule has 11 nitrogen and oxygen atoms in total. The summed E-state index contributed by atoms with van der Waals surface area (Å²) in [6.07, 6.45) is 7.86. The first-order valence-electron chi connectivity index (χ1n) is 11.2. The van der Waals surface area contributed by atoms with E-state index in [0.29, 0.717) is 39.9 Å². The third kappa shape index (κ3) is 4.32. The molecule has 0 aliphatic carbocycles. The molecule has 1 aliphatic heterocycles. The average Bonchev–Trinajstić information content (AvgIpc) is 3.35. The molecule has 1 saturated heterocycles. The van der Waals surface area contributed by atoms with E-state index in [1.165, 1.54) is 18.7 Å². The average molecular weight is 507 g/mol. The number of ether oxygens (including phenoxy) is 1. The number of nitrogens with zero attached hydrogens (tertiary/aromatic N) is 8. The molecule has 0 unspecified atom stereocenters. The Morgan fingerprint density at radius 2 is 1.94 bits per heavy atom. The first kappa shape index (κ1) is 22.3. The van der Waals surface area contributed by atoms with Gasteiger partial charge in [-0.15, -0.1) is 0 Å². The van der Waals surface area contributed by atoms with Gasteiger partial charge in [0.2, 0.25) is 5.95 Å². The minimum absolute atomic E-state index is 0.0807. The second-order valence-electron chi connectivity index (χ2n) is 8.37. The van der Waals surface area contributed by atoms with Crippen molar-refractivity contribution in [3.63, 3.8) is 0 Å². The van der Waals surface area contributed by atoms with E-state index >= 15 is 4.39 Å². The largest absolute Gasteiger partial charge is 0.453 e. The summed E-state index contributed by atoms with van der Waals surface area (Å²) in [5.41, 5.74) is 8.02. The van der Waals surface area contributed by atoms with Gasteiger partial charge in [0.25, 0.3) is 0 Å². The molecule has 0 bridgehead atoms. The lowest BCUT2D eigenvalue weighted by atomic mass is 10.1. The van der Waals surface area contributed by atoms with Crippen LogP contribution in [0.5, 0.6) is 11.5 Å². The van der Waals surface area contributed by atoms with Gasteiger partial charge >= 0.3 is 0 Å². The van der Waals surface area contributed by atoms with Crippen molar-refractivity contribution in [3.05, 3.63) is 60.2 Å². The zero-order valence-electron chi connectivity index (χ0n) is 18.8. The number of pyridine rings is 1. The van der Waals surface area contributed by atoms with Gasteiger partial charge in [0.15, 0.2) is 23.0 Å². The summed E-state index contributed by atoms with van der Waals surface area (Å²) in [7, 11) is 0. The summed E-state index contributed by atoms with van der Waals surface area (Å²) in [4.78, 5) is 23.9. The number of hydrogen-bond donors (Lipinski definition) is 2. The number of aromatic nitrogens is 7. The molecule has 1 aromatic carbocycles. The second-order valence-corrected chi connectivity index (χ2v) is 8.78. The van der Waals surface area contributed by atoms with Gasteiger partial charge in [0.05, 0.1) is 11.2 Å². The lowest BCUT2D eigenvalue weighted by Crippen LogP contribution is -2.40. The summed E-state index contributed by atoms with van der Waals surface area (Å²) in [5, 5.41) is 7.20. The molecule has 5 aromatic rings. The number of fused-ring (bicyclic) bond motifs is 2. The van der Waals surface area contributed by atoms with E-state index in [4.69, 9.17) is 22.1 Å². The molecule has 5 heterocycles. The number of anilines is 3. The van der Waals surface area contributed by atoms with Gasteiger partial charge in [0, 0.05) is 43.1 Å². The third-order valence-corrected chi connectivity index (χ3v) is 6.20. The molecule has 3 N–H and O–H groups in total. The van der Waals surface area contributed by atoms with Crippen molar-refractivity contribution in [2.45, 2.75) is 18.9 Å². The lowest BCUT2D eigenvalue weighted by Gasteiger charge is -2.30. The molecule has 0 spiro atoms. The van der Waals surface area contributed by atoms with Crippen molar-refractivity contribution in [3.8, 4) is 11.5 Å². The van der Waals surface area contributed by atoms with Crippen molar-refractivity contribution >= 4 is 45.7 Å². The molecular weight excluding hydrogens is 487 g/mol. The van der Waals surface area contributed by atoms with E-state index in [1.807, 2.05) is 0 Å². The van der Waals surface area contributed by atoms with E-state index in [9.17, 15) is 0 Å². The Balaban J connectivity index is 1.27. The topological polar surface area (TPSA) is 132 Å². The van der Waals surface area contributed by atoms with E-state index in [0.717, 1.165) is 25.9 Å². The first-order valence-corrected chi connectivity index (χ1v) is 11.6. The Labute approximate surface area is 209 Å². The van der Waals surface area contributed by atoms with Crippen LogP contribution in [0.1, 0.15) is 12.8 Å². The predicted molar refractivity (Wildman–Crippen MR) is 132 cm³/mol. The molecule has 0 radical (unpaired) electrons. The van der Waals surface area contributed by atoms with Crippen LogP contribution in [0.15, 0.2) is 49.3 Å². The van der Waals surface area contributed by atoms with Crippen LogP contribution >= 0.6 is 11.6 Å². The Bertz CT molecular complexity index is 1550. The zero-order chi connectivity index (χ0) is 24.6. The van der Waals surface area contributed by atoms with Crippen molar-refractivity contribution in [2.24, 2.45) is 5.73 Å². The molecule has 1 aliphatic rings. The van der Waals surface area contributed by atoms with Crippen LogP contribution < -0.4 is 20.7 Å². The molecule has 0 amide bonds. The van der Waals surface area contributed by atoms with Gasteiger partial charge < -0.3 is 20.7 Å². The maximum atomic E-state index is 15.0. The van der Waals surface area contributed by atoms with E-state index in [2.05, 4.69) is 40.2 Å². The summed E-state index contributed by atoms with van der Waals surface area (Å²) < 4.78 is 22.3. The summed E-state index contributed by atoms with van der Waals surface area (Å²) in [6.45, 7) is 1.55. The Kier molecular flexibility index (Phi) is 5.66. The number of halogens is 2. The second kappa shape index (κ2) is 9.13. The molecule has 36 heavy (non-hydrogen) atoms. The number of nitrogens with one attached hydrogen (secondary N) is 1. The number of benzene rings is 1. The minimum atomic E-state index is -0.648. The van der Waals surface area contributed by atoms with Gasteiger partial charge in [0.1, 0.15) is 29.4 Å². The maximum absolute atomic E-state index is 15.0. The highest BCUT2D eigenvalue weighted by molar-refractivity contribution is 6.32. The highest BCUT2D eigenvalue weighted by Crippen LogP contribution is 2.36. The normalized spacial score (nSPS) is 14.5. The monoisotopic (exact) mass is 506 g/mol. The highest BCUT2D eigenvalue weighted by atomic mass is 35.5. The van der Waals surface area contributed by atoms with Crippen LogP contribution in [0, 0.1) is 5.82 Å². The smallest absolute Gasteiger partial charge is 0.226 e. The number of piperidine rings is 1. The molecule has 13 heteroatoms. The molecule has 0 atom stereocenters. The molecule has 6 rings (SSSR count). The standard InChI is InChI=1S/C23H20ClFN10O/c24-16-7-14(8-17(25)21(16)36-15-3-6-35-19(9-15)29-12-31-35)32-22-20-18(28-11-30-22)10-27-23(33-20)34-4-1-13(26)2-5-34/h3,6-13H,1-2,4-5,26H2,(H,28,30,32). The Morgan fingerprint density at radius 1 is 1.08 bits per heavy atom. The first-order chi connectivity index (χ1) is 17.5. The molecule has 4 aromatic heterocycles. The summed E-state index contributed by atoms with van der Waals surface area (Å²) in [6, 6.07) is 6.30. The molecule has 182 valence electrons. The van der Waals surface area contributed by atoms with Crippen LogP contribution in [0.2, 0.25) is 5.02 Å². The van der Waals surface area contributed by atoms with Gasteiger partial charge in [-0.1, -0.05) is 11.6 Å².